The number of aliphatic imine (C=N–C) groups is 1. The van der Waals surface area contributed by atoms with E-state index in [2.05, 4.69) is 61.2 Å². The van der Waals surface area contributed by atoms with Crippen molar-refractivity contribution in [1.82, 2.24) is 15.5 Å². The van der Waals surface area contributed by atoms with E-state index in [1.165, 1.54) is 0 Å². The number of ether oxygens (including phenoxy) is 2. The first kappa shape index (κ1) is 26.0. The largest absolute Gasteiger partial charge is 0.488 e. The van der Waals surface area contributed by atoms with E-state index in [0.29, 0.717) is 18.8 Å². The van der Waals surface area contributed by atoms with Gasteiger partial charge in [0.2, 0.25) is 0 Å². The van der Waals surface area contributed by atoms with Crippen molar-refractivity contribution in [3.05, 3.63) is 29.8 Å². The molecule has 1 saturated heterocycles. The second kappa shape index (κ2) is 12.6. The summed E-state index contributed by atoms with van der Waals surface area (Å²) in [6.07, 6.45) is 1.71. The Morgan fingerprint density at radius 1 is 1.17 bits per heavy atom. The number of halogens is 1. The third-order valence-corrected chi connectivity index (χ3v) is 4.50. The summed E-state index contributed by atoms with van der Waals surface area (Å²) in [4.78, 5) is 6.82. The van der Waals surface area contributed by atoms with Gasteiger partial charge in [0, 0.05) is 45.3 Å². The highest BCUT2D eigenvalue weighted by molar-refractivity contribution is 14.0. The molecule has 1 aromatic carbocycles. The van der Waals surface area contributed by atoms with Crippen molar-refractivity contribution < 1.29 is 9.47 Å². The van der Waals surface area contributed by atoms with Crippen molar-refractivity contribution in [3.8, 4) is 5.75 Å². The second-order valence-corrected chi connectivity index (χ2v) is 8.55. The Morgan fingerprint density at radius 2 is 1.83 bits per heavy atom. The molecular formula is C22H39IN4O2. The molecule has 0 saturated carbocycles. The van der Waals surface area contributed by atoms with Crippen LogP contribution in [0.4, 0.5) is 0 Å². The summed E-state index contributed by atoms with van der Waals surface area (Å²) in [6, 6.07) is 8.14. The summed E-state index contributed by atoms with van der Waals surface area (Å²) in [5, 5.41) is 6.80. The van der Waals surface area contributed by atoms with Crippen LogP contribution in [0.2, 0.25) is 0 Å². The first-order valence-electron chi connectivity index (χ1n) is 10.4. The minimum Gasteiger partial charge on any atom is -0.488 e. The highest BCUT2D eigenvalue weighted by atomic mass is 127. The number of nitrogens with one attached hydrogen (secondary N) is 2. The molecule has 2 rings (SSSR count). The van der Waals surface area contributed by atoms with Crippen LogP contribution in [-0.4, -0.2) is 61.9 Å². The van der Waals surface area contributed by atoms with Crippen molar-refractivity contribution in [2.75, 3.05) is 33.2 Å². The van der Waals surface area contributed by atoms with Gasteiger partial charge in [-0.05, 0) is 47.1 Å². The molecule has 1 aliphatic rings. The van der Waals surface area contributed by atoms with Crippen LogP contribution < -0.4 is 15.4 Å². The molecule has 2 N–H and O–H groups in total. The van der Waals surface area contributed by atoms with Crippen LogP contribution in [0.1, 0.15) is 46.6 Å². The third-order valence-electron chi connectivity index (χ3n) is 4.50. The van der Waals surface area contributed by atoms with Crippen LogP contribution in [0.25, 0.3) is 0 Å². The summed E-state index contributed by atoms with van der Waals surface area (Å²) in [7, 11) is 1.80. The smallest absolute Gasteiger partial charge is 0.191 e. The fourth-order valence-electron chi connectivity index (χ4n) is 3.46. The Kier molecular flexibility index (Phi) is 11.3. The standard InChI is InChI=1S/C22H38N4O2.HI/c1-17-15-26(16-18(2)27-17)13-9-12-24-21(23-6)25-14-19-10-7-8-11-20(19)28-22(3,4)5;/h7-8,10-11,17-18H,9,12-16H2,1-6H3,(H2,23,24,25);1H. The minimum atomic E-state index is -0.218. The third kappa shape index (κ3) is 10.00. The van der Waals surface area contributed by atoms with Gasteiger partial charge in [-0.15, -0.1) is 24.0 Å². The first-order valence-corrected chi connectivity index (χ1v) is 10.4. The van der Waals surface area contributed by atoms with Crippen molar-refractivity contribution >= 4 is 29.9 Å². The fraction of sp³-hybridized carbons (Fsp3) is 0.682. The molecule has 6 nitrogen and oxygen atoms in total. The van der Waals surface area contributed by atoms with E-state index in [0.717, 1.165) is 49.9 Å². The molecule has 0 amide bonds. The van der Waals surface area contributed by atoms with Crippen molar-refractivity contribution in [2.45, 2.75) is 65.4 Å². The number of hydrogen-bond acceptors (Lipinski definition) is 4. The topological polar surface area (TPSA) is 58.1 Å². The molecular weight excluding hydrogens is 479 g/mol. The van der Waals surface area contributed by atoms with Gasteiger partial charge in [-0.3, -0.25) is 9.89 Å². The number of rotatable bonds is 7. The average molecular weight is 518 g/mol. The monoisotopic (exact) mass is 518 g/mol. The van der Waals surface area contributed by atoms with Crippen molar-refractivity contribution in [1.29, 1.82) is 0 Å². The second-order valence-electron chi connectivity index (χ2n) is 8.55. The van der Waals surface area contributed by atoms with Crippen LogP contribution >= 0.6 is 24.0 Å². The maximum Gasteiger partial charge on any atom is 0.191 e. The zero-order valence-electron chi connectivity index (χ0n) is 18.8. The Hall–Kier alpha value is -1.06. The molecule has 7 heteroatoms. The molecule has 1 aromatic rings. The maximum absolute atomic E-state index is 6.07. The van der Waals surface area contributed by atoms with Crippen molar-refractivity contribution in [2.24, 2.45) is 4.99 Å². The van der Waals surface area contributed by atoms with Gasteiger partial charge in [0.25, 0.3) is 0 Å². The van der Waals surface area contributed by atoms with Crippen LogP contribution in [0.3, 0.4) is 0 Å². The maximum atomic E-state index is 6.07. The van der Waals surface area contributed by atoms with Crippen LogP contribution in [-0.2, 0) is 11.3 Å². The zero-order valence-corrected chi connectivity index (χ0v) is 21.2. The van der Waals surface area contributed by atoms with E-state index in [1.807, 2.05) is 18.2 Å². The molecule has 1 heterocycles. The summed E-state index contributed by atoms with van der Waals surface area (Å²) in [6.45, 7) is 15.1. The van der Waals surface area contributed by atoms with Crippen LogP contribution in [0.15, 0.2) is 29.3 Å². The van der Waals surface area contributed by atoms with Gasteiger partial charge in [-0.1, -0.05) is 18.2 Å². The fourth-order valence-corrected chi connectivity index (χ4v) is 3.46. The molecule has 0 spiro atoms. The van der Waals surface area contributed by atoms with E-state index in [1.54, 1.807) is 7.05 Å². The Morgan fingerprint density at radius 3 is 2.45 bits per heavy atom. The lowest BCUT2D eigenvalue weighted by Gasteiger charge is -2.35. The average Bonchev–Trinajstić information content (AvgIpc) is 2.60. The number of guanidine groups is 1. The molecule has 166 valence electrons. The summed E-state index contributed by atoms with van der Waals surface area (Å²) in [5.41, 5.74) is 0.904. The van der Waals surface area contributed by atoms with Gasteiger partial charge in [-0.25, -0.2) is 0 Å². The molecule has 0 aromatic heterocycles. The number of para-hydroxylation sites is 1. The number of benzene rings is 1. The lowest BCUT2D eigenvalue weighted by molar-refractivity contribution is -0.0679. The predicted molar refractivity (Wildman–Crippen MR) is 132 cm³/mol. The first-order chi connectivity index (χ1) is 13.3. The Bertz CT molecular complexity index is 623. The lowest BCUT2D eigenvalue weighted by atomic mass is 10.1. The van der Waals surface area contributed by atoms with Gasteiger partial charge in [0.1, 0.15) is 11.4 Å². The lowest BCUT2D eigenvalue weighted by Crippen LogP contribution is -2.46. The molecule has 0 radical (unpaired) electrons. The van der Waals surface area contributed by atoms with Crippen LogP contribution in [0, 0.1) is 0 Å². The predicted octanol–water partition coefficient (Wildman–Crippen LogP) is 3.65. The van der Waals surface area contributed by atoms with E-state index in [4.69, 9.17) is 9.47 Å². The quantitative estimate of drug-likeness (QED) is 0.250. The SMILES string of the molecule is CN=C(NCCCN1CC(C)OC(C)C1)NCc1ccccc1OC(C)(C)C.I. The normalized spacial score (nSPS) is 20.7. The Balaban J connectivity index is 0.00000420. The molecule has 29 heavy (non-hydrogen) atoms. The number of morpholine rings is 1. The van der Waals surface area contributed by atoms with E-state index in [9.17, 15) is 0 Å². The number of nitrogens with zero attached hydrogens (tertiary/aromatic N) is 2. The van der Waals surface area contributed by atoms with E-state index in [-0.39, 0.29) is 29.6 Å². The molecule has 1 fully saturated rings. The molecule has 0 bridgehead atoms. The summed E-state index contributed by atoms with van der Waals surface area (Å²) >= 11 is 0. The summed E-state index contributed by atoms with van der Waals surface area (Å²) in [5.74, 6) is 1.72. The van der Waals surface area contributed by atoms with Gasteiger partial charge < -0.3 is 20.1 Å². The zero-order chi connectivity index (χ0) is 20.6. The van der Waals surface area contributed by atoms with Crippen molar-refractivity contribution in [3.63, 3.8) is 0 Å². The van der Waals surface area contributed by atoms with E-state index >= 15 is 0 Å². The summed E-state index contributed by atoms with van der Waals surface area (Å²) < 4.78 is 11.9. The molecule has 2 unspecified atom stereocenters. The Labute approximate surface area is 193 Å². The minimum absolute atomic E-state index is 0. The molecule has 0 aliphatic carbocycles. The van der Waals surface area contributed by atoms with Gasteiger partial charge in [0.15, 0.2) is 5.96 Å². The molecule has 2 atom stereocenters. The highest BCUT2D eigenvalue weighted by Gasteiger charge is 2.21. The van der Waals surface area contributed by atoms with E-state index < -0.39 is 0 Å². The van der Waals surface area contributed by atoms with Crippen LogP contribution in [0.5, 0.6) is 5.75 Å². The highest BCUT2D eigenvalue weighted by Crippen LogP contribution is 2.22. The van der Waals surface area contributed by atoms with Gasteiger partial charge in [0.05, 0.1) is 12.2 Å². The number of hydrogen-bond donors (Lipinski definition) is 2. The molecule has 1 aliphatic heterocycles. The van der Waals surface area contributed by atoms with Gasteiger partial charge in [-0.2, -0.15) is 0 Å². The van der Waals surface area contributed by atoms with Gasteiger partial charge >= 0.3 is 0 Å².